The van der Waals surface area contributed by atoms with Gasteiger partial charge in [-0.05, 0) is 91.7 Å². The zero-order valence-corrected chi connectivity index (χ0v) is 20.0. The van der Waals surface area contributed by atoms with E-state index in [2.05, 4.69) is 33.0 Å². The van der Waals surface area contributed by atoms with Crippen molar-refractivity contribution in [3.05, 3.63) is 35.2 Å². The van der Waals surface area contributed by atoms with E-state index in [1.54, 1.807) is 0 Å². The number of aliphatic hydroxyl groups is 1. The highest BCUT2D eigenvalue weighted by Gasteiger charge is 2.56. The molecule has 0 spiro atoms. The summed E-state index contributed by atoms with van der Waals surface area (Å²) in [6, 6.07) is 6.13. The number of aliphatic carboxylic acids is 1. The molecule has 2 aromatic rings. The number of carboxylic acids is 1. The summed E-state index contributed by atoms with van der Waals surface area (Å²) in [7, 11) is 0. The lowest BCUT2D eigenvalue weighted by atomic mass is 9.48. The second kappa shape index (κ2) is 8.92. The Balaban J connectivity index is 1.26. The first-order valence-electron chi connectivity index (χ1n) is 12.4. The van der Waals surface area contributed by atoms with E-state index in [4.69, 9.17) is 9.84 Å². The van der Waals surface area contributed by atoms with Crippen LogP contribution in [0.1, 0.15) is 69.3 Å². The van der Waals surface area contributed by atoms with E-state index in [1.165, 1.54) is 23.9 Å². The molecule has 0 radical (unpaired) electrons. The fraction of sp³-hybridized carbons (Fsp3) is 0.680. The van der Waals surface area contributed by atoms with Crippen LogP contribution in [0.4, 0.5) is 0 Å². The number of hydrogen-bond acceptors (Lipinski definition) is 7. The minimum atomic E-state index is -0.970. The second-order valence-corrected chi connectivity index (χ2v) is 11.2. The first-order chi connectivity index (χ1) is 16.2. The van der Waals surface area contributed by atoms with Crippen LogP contribution >= 0.6 is 0 Å². The van der Waals surface area contributed by atoms with Crippen LogP contribution in [0.15, 0.2) is 18.2 Å². The van der Waals surface area contributed by atoms with Crippen LogP contribution in [-0.4, -0.2) is 54.6 Å². The van der Waals surface area contributed by atoms with Gasteiger partial charge < -0.3 is 20.3 Å². The Morgan fingerprint density at radius 2 is 2.03 bits per heavy atom. The van der Waals surface area contributed by atoms with E-state index >= 15 is 0 Å². The molecule has 4 fully saturated rings. The summed E-state index contributed by atoms with van der Waals surface area (Å²) in [5, 5.41) is 35.2. The van der Waals surface area contributed by atoms with Crippen molar-refractivity contribution in [1.82, 2.24) is 25.5 Å². The topological polar surface area (TPSA) is 122 Å². The maximum atomic E-state index is 11.1. The van der Waals surface area contributed by atoms with Crippen LogP contribution in [0.3, 0.4) is 0 Å². The third kappa shape index (κ3) is 4.95. The summed E-state index contributed by atoms with van der Waals surface area (Å²) < 4.78 is 7.60. The van der Waals surface area contributed by atoms with Gasteiger partial charge in [0.05, 0.1) is 18.2 Å². The number of aromatic nitrogens is 4. The Hall–Kier alpha value is -2.52. The highest BCUT2D eigenvalue weighted by atomic mass is 16.5. The smallest absolute Gasteiger partial charge is 0.311 e. The number of carbonyl (C=O) groups is 1. The van der Waals surface area contributed by atoms with Crippen LogP contribution in [0.25, 0.3) is 0 Å². The van der Waals surface area contributed by atoms with Gasteiger partial charge in [-0.3, -0.25) is 4.79 Å². The molecule has 3 N–H and O–H groups in total. The molecular formula is C25H35N5O4. The van der Waals surface area contributed by atoms with E-state index in [-0.39, 0.29) is 17.9 Å². The molecule has 4 saturated carbocycles. The van der Waals surface area contributed by atoms with Crippen LogP contribution in [-0.2, 0) is 24.3 Å². The Labute approximate surface area is 199 Å². The van der Waals surface area contributed by atoms with Crippen molar-refractivity contribution >= 4 is 5.97 Å². The lowest BCUT2D eigenvalue weighted by Crippen LogP contribution is -2.58. The number of nitrogens with one attached hydrogen (secondary N) is 1. The third-order valence-corrected chi connectivity index (χ3v) is 7.71. The molecule has 4 aliphatic carbocycles. The van der Waals surface area contributed by atoms with Gasteiger partial charge in [-0.2, -0.15) is 0 Å². The van der Waals surface area contributed by atoms with Gasteiger partial charge in [-0.25, -0.2) is 4.68 Å². The zero-order chi connectivity index (χ0) is 23.9. The van der Waals surface area contributed by atoms with Gasteiger partial charge in [0.1, 0.15) is 12.2 Å². The third-order valence-electron chi connectivity index (χ3n) is 7.71. The normalized spacial score (nSPS) is 29.6. The number of carboxylic acid groups (broad SMARTS) is 1. The highest BCUT2D eigenvalue weighted by Crippen LogP contribution is 2.61. The van der Waals surface area contributed by atoms with Gasteiger partial charge >= 0.3 is 5.97 Å². The van der Waals surface area contributed by atoms with Crippen molar-refractivity contribution in [2.45, 2.75) is 83.6 Å². The molecule has 184 valence electrons. The van der Waals surface area contributed by atoms with E-state index in [0.29, 0.717) is 24.2 Å². The predicted octanol–water partition coefficient (Wildman–Crippen LogP) is 2.56. The molecule has 6 rings (SSSR count). The fourth-order valence-electron chi connectivity index (χ4n) is 7.05. The number of hydrogen-bond donors (Lipinski definition) is 3. The molecule has 4 aliphatic rings. The summed E-state index contributed by atoms with van der Waals surface area (Å²) in [5.74, 6) is 1.48. The molecule has 1 aromatic carbocycles. The minimum absolute atomic E-state index is 0.00193. The number of ether oxygens (including phenoxy) is 1. The van der Waals surface area contributed by atoms with Crippen molar-refractivity contribution in [3.8, 4) is 5.75 Å². The summed E-state index contributed by atoms with van der Waals surface area (Å²) in [6.45, 7) is 5.99. The summed E-state index contributed by atoms with van der Waals surface area (Å²) in [5.41, 5.74) is 1.84. The molecule has 1 heterocycles. The number of rotatable bonds is 10. The molecule has 0 aliphatic heterocycles. The Bertz CT molecular complexity index is 1040. The lowest BCUT2D eigenvalue weighted by Gasteiger charge is -2.60. The van der Waals surface area contributed by atoms with Crippen molar-refractivity contribution < 1.29 is 19.7 Å². The van der Waals surface area contributed by atoms with Gasteiger partial charge in [0.15, 0.2) is 5.82 Å². The predicted molar refractivity (Wildman–Crippen MR) is 124 cm³/mol. The molecule has 2 unspecified atom stereocenters. The van der Waals surface area contributed by atoms with Crippen LogP contribution in [0.2, 0.25) is 0 Å². The van der Waals surface area contributed by atoms with E-state index in [9.17, 15) is 9.90 Å². The molecule has 0 saturated heterocycles. The summed E-state index contributed by atoms with van der Waals surface area (Å²) in [4.78, 5) is 11.1. The minimum Gasteiger partial charge on any atom is -0.491 e. The van der Waals surface area contributed by atoms with Gasteiger partial charge in [0.2, 0.25) is 0 Å². The number of tetrazole rings is 1. The second-order valence-electron chi connectivity index (χ2n) is 11.2. The van der Waals surface area contributed by atoms with Crippen LogP contribution in [0, 0.1) is 17.3 Å². The SMILES string of the molecule is CC(C)Oc1cc(CNCC23CC4CC(CC(O)(C4)C2)C3)ccc1Cn1nnnc1CC(=O)O. The first-order valence-corrected chi connectivity index (χ1v) is 12.4. The standard InChI is InChI=1S/C25H35N5O4/c1-16(2)34-21-6-17(3-4-20(21)13-30-22(7-23(31)32)27-28-29-30)12-26-15-24-8-18-5-19(9-24)11-25(33,10-18)14-24/h3-4,6,16,18-19,26,33H,5,7-15H2,1-2H3,(H,31,32). The molecule has 4 bridgehead atoms. The van der Waals surface area contributed by atoms with Crippen molar-refractivity contribution in [2.24, 2.45) is 17.3 Å². The zero-order valence-electron chi connectivity index (χ0n) is 20.0. The largest absolute Gasteiger partial charge is 0.491 e. The highest BCUT2D eigenvalue weighted by molar-refractivity contribution is 5.68. The molecule has 1 aromatic heterocycles. The molecule has 0 amide bonds. The van der Waals surface area contributed by atoms with Gasteiger partial charge in [0.25, 0.3) is 0 Å². The van der Waals surface area contributed by atoms with E-state index in [0.717, 1.165) is 49.2 Å². The van der Waals surface area contributed by atoms with Crippen LogP contribution in [0.5, 0.6) is 5.75 Å². The Kier molecular flexibility index (Phi) is 6.10. The van der Waals surface area contributed by atoms with Crippen molar-refractivity contribution in [3.63, 3.8) is 0 Å². The van der Waals surface area contributed by atoms with E-state index in [1.807, 2.05) is 19.9 Å². The number of nitrogens with zero attached hydrogens (tertiary/aromatic N) is 4. The summed E-state index contributed by atoms with van der Waals surface area (Å²) >= 11 is 0. The average molecular weight is 470 g/mol. The number of benzene rings is 1. The van der Waals surface area contributed by atoms with Gasteiger partial charge in [-0.15, -0.1) is 5.10 Å². The van der Waals surface area contributed by atoms with Gasteiger partial charge in [-0.1, -0.05) is 12.1 Å². The van der Waals surface area contributed by atoms with Gasteiger partial charge in [0, 0.05) is 18.7 Å². The quantitative estimate of drug-likeness (QED) is 0.485. The van der Waals surface area contributed by atoms with Crippen molar-refractivity contribution in [1.29, 1.82) is 0 Å². The average Bonchev–Trinajstić information content (AvgIpc) is 3.13. The molecule has 9 nitrogen and oxygen atoms in total. The maximum absolute atomic E-state index is 11.1. The van der Waals surface area contributed by atoms with Crippen molar-refractivity contribution in [2.75, 3.05) is 6.54 Å². The fourth-order valence-corrected chi connectivity index (χ4v) is 7.05. The van der Waals surface area contributed by atoms with Crippen LogP contribution < -0.4 is 10.1 Å². The molecular weight excluding hydrogens is 434 g/mol. The molecule has 9 heteroatoms. The molecule has 34 heavy (non-hydrogen) atoms. The first kappa shape index (κ1) is 23.2. The maximum Gasteiger partial charge on any atom is 0.311 e. The lowest BCUT2D eigenvalue weighted by molar-refractivity contribution is -0.162. The monoisotopic (exact) mass is 469 g/mol. The summed E-state index contributed by atoms with van der Waals surface area (Å²) in [6.07, 6.45) is 6.49. The molecule has 2 atom stereocenters. The Morgan fingerprint density at radius 3 is 2.71 bits per heavy atom. The van der Waals surface area contributed by atoms with E-state index < -0.39 is 11.6 Å². The Morgan fingerprint density at radius 1 is 1.26 bits per heavy atom.